The van der Waals surface area contributed by atoms with E-state index in [2.05, 4.69) is 10.3 Å². The van der Waals surface area contributed by atoms with Crippen LogP contribution in [0.5, 0.6) is 0 Å². The number of benzene rings is 1. The van der Waals surface area contributed by atoms with Crippen molar-refractivity contribution >= 4 is 11.6 Å². The van der Waals surface area contributed by atoms with Crippen molar-refractivity contribution in [2.75, 3.05) is 13.1 Å². The summed E-state index contributed by atoms with van der Waals surface area (Å²) < 4.78 is 1.47. The molecule has 0 spiro atoms. The molecule has 0 radical (unpaired) electrons. The van der Waals surface area contributed by atoms with E-state index in [9.17, 15) is 14.9 Å². The summed E-state index contributed by atoms with van der Waals surface area (Å²) in [6.07, 6.45) is 3.23. The van der Waals surface area contributed by atoms with Crippen LogP contribution in [0.25, 0.3) is 5.69 Å². The second-order valence-corrected chi connectivity index (χ2v) is 6.41. The smallest absolute Gasteiger partial charge is 0.276 e. The lowest BCUT2D eigenvalue weighted by Crippen LogP contribution is -2.34. The summed E-state index contributed by atoms with van der Waals surface area (Å²) in [5, 5.41) is 19.0. The zero-order valence-electron chi connectivity index (χ0n) is 14.4. The second kappa shape index (κ2) is 7.00. The van der Waals surface area contributed by atoms with Gasteiger partial charge in [-0.3, -0.25) is 14.9 Å². The van der Waals surface area contributed by atoms with Gasteiger partial charge in [0.05, 0.1) is 16.3 Å². The van der Waals surface area contributed by atoms with Crippen LogP contribution in [0.2, 0.25) is 0 Å². The Balaban J connectivity index is 1.88. The first kappa shape index (κ1) is 17.1. The molecule has 0 unspecified atom stereocenters. The van der Waals surface area contributed by atoms with E-state index in [1.54, 1.807) is 19.1 Å². The number of carbonyl (C=O) groups is 1. The van der Waals surface area contributed by atoms with Gasteiger partial charge in [-0.15, -0.1) is 5.10 Å². The summed E-state index contributed by atoms with van der Waals surface area (Å²) in [5.74, 6) is 0.477. The van der Waals surface area contributed by atoms with E-state index >= 15 is 0 Å². The number of nitrogens with zero attached hydrogens (tertiary/aromatic N) is 5. The first-order valence-corrected chi connectivity index (χ1v) is 8.47. The first-order chi connectivity index (χ1) is 12.0. The fraction of sp³-hybridized carbons (Fsp3) is 0.471. The average Bonchev–Trinajstić information content (AvgIpc) is 3.34. The second-order valence-electron chi connectivity index (χ2n) is 6.41. The van der Waals surface area contributed by atoms with Crippen molar-refractivity contribution < 1.29 is 9.72 Å². The molecule has 1 aromatic heterocycles. The van der Waals surface area contributed by atoms with E-state index in [4.69, 9.17) is 0 Å². The number of hydrogen-bond acceptors (Lipinski definition) is 5. The predicted octanol–water partition coefficient (Wildman–Crippen LogP) is 2.75. The number of nitro groups is 1. The summed E-state index contributed by atoms with van der Waals surface area (Å²) in [5.41, 5.74) is 1.38. The van der Waals surface area contributed by atoms with Gasteiger partial charge in [0, 0.05) is 25.2 Å². The van der Waals surface area contributed by atoms with Crippen LogP contribution in [-0.4, -0.2) is 43.8 Å². The van der Waals surface area contributed by atoms with Gasteiger partial charge in [0.15, 0.2) is 5.69 Å². The van der Waals surface area contributed by atoms with Crippen LogP contribution in [0.1, 0.15) is 42.4 Å². The normalized spacial score (nSPS) is 13.7. The predicted molar refractivity (Wildman–Crippen MR) is 91.7 cm³/mol. The molecule has 0 atom stereocenters. The van der Waals surface area contributed by atoms with E-state index in [1.807, 2.05) is 11.8 Å². The highest BCUT2D eigenvalue weighted by Gasteiger charge is 2.29. The van der Waals surface area contributed by atoms with Crippen LogP contribution >= 0.6 is 0 Å². The summed E-state index contributed by atoms with van der Waals surface area (Å²) in [7, 11) is 0. The van der Waals surface area contributed by atoms with Gasteiger partial charge in [0.1, 0.15) is 0 Å². The molecule has 8 nitrogen and oxygen atoms in total. The van der Waals surface area contributed by atoms with Crippen molar-refractivity contribution in [3.05, 3.63) is 45.8 Å². The van der Waals surface area contributed by atoms with Crippen molar-refractivity contribution in [2.45, 2.75) is 33.1 Å². The molecule has 1 amide bonds. The molecule has 1 aliphatic rings. The average molecular weight is 343 g/mol. The van der Waals surface area contributed by atoms with Crippen molar-refractivity contribution in [1.82, 2.24) is 19.9 Å². The van der Waals surface area contributed by atoms with Gasteiger partial charge in [-0.05, 0) is 38.2 Å². The Morgan fingerprint density at radius 3 is 2.84 bits per heavy atom. The fourth-order valence-corrected chi connectivity index (χ4v) is 2.82. The lowest BCUT2D eigenvalue weighted by atomic mass is 10.2. The molecule has 1 fully saturated rings. The number of amides is 1. The molecule has 0 aliphatic heterocycles. The van der Waals surface area contributed by atoms with Crippen molar-refractivity contribution in [1.29, 1.82) is 0 Å². The minimum absolute atomic E-state index is 0.0263. The molecule has 1 aliphatic carbocycles. The van der Waals surface area contributed by atoms with Gasteiger partial charge >= 0.3 is 0 Å². The lowest BCUT2D eigenvalue weighted by molar-refractivity contribution is -0.384. The molecule has 1 heterocycles. The molecular weight excluding hydrogens is 322 g/mol. The van der Waals surface area contributed by atoms with E-state index in [1.165, 1.54) is 29.7 Å². The van der Waals surface area contributed by atoms with Gasteiger partial charge in [-0.2, -0.15) is 0 Å². The highest BCUT2D eigenvalue weighted by atomic mass is 16.6. The third-order valence-electron chi connectivity index (χ3n) is 4.34. The standard InChI is InChI=1S/C17H21N5O3/c1-3-9-20(11-13-7-8-13)17(23)16-12(2)21(19-18-16)14-5-4-6-15(10-14)22(24)25/h4-6,10,13H,3,7-9,11H2,1-2H3. The Hall–Kier alpha value is -2.77. The largest absolute Gasteiger partial charge is 0.337 e. The molecule has 0 N–H and O–H groups in total. The molecule has 25 heavy (non-hydrogen) atoms. The quantitative estimate of drug-likeness (QED) is 0.569. The first-order valence-electron chi connectivity index (χ1n) is 8.47. The van der Waals surface area contributed by atoms with Crippen LogP contribution < -0.4 is 0 Å². The van der Waals surface area contributed by atoms with Crippen molar-refractivity contribution in [2.24, 2.45) is 5.92 Å². The highest BCUT2D eigenvalue weighted by Crippen LogP contribution is 2.30. The van der Waals surface area contributed by atoms with Crippen LogP contribution in [0, 0.1) is 23.0 Å². The Morgan fingerprint density at radius 1 is 1.44 bits per heavy atom. The number of nitro benzene ring substituents is 1. The van der Waals surface area contributed by atoms with Gasteiger partial charge in [0.25, 0.3) is 11.6 Å². The van der Waals surface area contributed by atoms with Crippen LogP contribution in [0.3, 0.4) is 0 Å². The third kappa shape index (κ3) is 3.67. The SMILES string of the molecule is CCCN(CC1CC1)C(=O)c1nnn(-c2cccc([N+](=O)[O-])c2)c1C. The summed E-state index contributed by atoms with van der Waals surface area (Å²) >= 11 is 0. The maximum absolute atomic E-state index is 12.8. The van der Waals surface area contributed by atoms with Crippen LogP contribution in [0.15, 0.2) is 24.3 Å². The zero-order valence-corrected chi connectivity index (χ0v) is 14.4. The molecule has 8 heteroatoms. The Bertz CT molecular complexity index is 797. The van der Waals surface area contributed by atoms with E-state index in [-0.39, 0.29) is 11.6 Å². The number of rotatable bonds is 7. The van der Waals surface area contributed by atoms with Gasteiger partial charge in [0.2, 0.25) is 0 Å². The van der Waals surface area contributed by atoms with E-state index in [0.717, 1.165) is 13.0 Å². The molecule has 132 valence electrons. The number of non-ortho nitro benzene ring substituents is 1. The van der Waals surface area contributed by atoms with Crippen LogP contribution in [0.4, 0.5) is 5.69 Å². The molecular formula is C17H21N5O3. The third-order valence-corrected chi connectivity index (χ3v) is 4.34. The van der Waals surface area contributed by atoms with Gasteiger partial charge < -0.3 is 4.90 Å². The highest BCUT2D eigenvalue weighted by molar-refractivity contribution is 5.93. The molecule has 1 aromatic carbocycles. The Labute approximate surface area is 145 Å². The number of carbonyl (C=O) groups excluding carboxylic acids is 1. The maximum Gasteiger partial charge on any atom is 0.276 e. The molecule has 2 aromatic rings. The van der Waals surface area contributed by atoms with E-state index < -0.39 is 4.92 Å². The minimum atomic E-state index is -0.458. The summed E-state index contributed by atoms with van der Waals surface area (Å²) in [6, 6.07) is 6.13. The van der Waals surface area contributed by atoms with Gasteiger partial charge in [-0.25, -0.2) is 4.68 Å². The number of hydrogen-bond donors (Lipinski definition) is 0. The van der Waals surface area contributed by atoms with Crippen molar-refractivity contribution in [3.8, 4) is 5.69 Å². The molecule has 0 bridgehead atoms. The summed E-state index contributed by atoms with van der Waals surface area (Å²) in [4.78, 5) is 25.2. The molecule has 3 rings (SSSR count). The topological polar surface area (TPSA) is 94.2 Å². The van der Waals surface area contributed by atoms with E-state index in [0.29, 0.717) is 29.5 Å². The zero-order chi connectivity index (χ0) is 18.0. The maximum atomic E-state index is 12.8. The van der Waals surface area contributed by atoms with Crippen LogP contribution in [-0.2, 0) is 0 Å². The Morgan fingerprint density at radius 2 is 2.20 bits per heavy atom. The summed E-state index contributed by atoms with van der Waals surface area (Å²) in [6.45, 7) is 5.25. The van der Waals surface area contributed by atoms with Gasteiger partial charge in [-0.1, -0.05) is 18.2 Å². The van der Waals surface area contributed by atoms with Crippen molar-refractivity contribution in [3.63, 3.8) is 0 Å². The monoisotopic (exact) mass is 343 g/mol. The molecule has 0 saturated heterocycles. The fourth-order valence-electron chi connectivity index (χ4n) is 2.82. The number of aromatic nitrogens is 3. The molecule has 1 saturated carbocycles. The lowest BCUT2D eigenvalue weighted by Gasteiger charge is -2.21. The minimum Gasteiger partial charge on any atom is -0.337 e. The Kier molecular flexibility index (Phi) is 4.78.